The van der Waals surface area contributed by atoms with Gasteiger partial charge in [-0.15, -0.1) is 0 Å². The molecule has 0 aromatic heterocycles. The first-order valence-corrected chi connectivity index (χ1v) is 8.36. The molecule has 1 N–H and O–H groups in total. The van der Waals surface area contributed by atoms with Crippen LogP contribution in [0.1, 0.15) is 65.9 Å². The minimum absolute atomic E-state index is 0.280. The maximum absolute atomic E-state index is 3.69. The maximum atomic E-state index is 3.69. The van der Waals surface area contributed by atoms with Crippen LogP contribution in [0.15, 0.2) is 30.3 Å². The van der Waals surface area contributed by atoms with Crippen molar-refractivity contribution in [2.24, 2.45) is 5.92 Å². The molecule has 1 unspecified atom stereocenters. The lowest BCUT2D eigenvalue weighted by Crippen LogP contribution is -2.41. The molecule has 1 aromatic rings. The van der Waals surface area contributed by atoms with E-state index in [9.17, 15) is 0 Å². The van der Waals surface area contributed by atoms with E-state index in [4.69, 9.17) is 0 Å². The van der Waals surface area contributed by atoms with Crippen molar-refractivity contribution in [2.45, 2.75) is 71.8 Å². The van der Waals surface area contributed by atoms with Crippen molar-refractivity contribution in [1.82, 2.24) is 5.32 Å². The molecule has 20 heavy (non-hydrogen) atoms. The van der Waals surface area contributed by atoms with Crippen molar-refractivity contribution in [3.05, 3.63) is 35.9 Å². The second kappa shape index (κ2) is 8.46. The Morgan fingerprint density at radius 3 is 2.05 bits per heavy atom. The predicted molar refractivity (Wildman–Crippen MR) is 90.2 cm³/mol. The lowest BCUT2D eigenvalue weighted by Gasteiger charge is -2.37. The van der Waals surface area contributed by atoms with E-state index in [1.54, 1.807) is 0 Å². The molecule has 1 nitrogen and oxygen atoms in total. The molecule has 0 heterocycles. The van der Waals surface area contributed by atoms with Crippen molar-refractivity contribution in [3.63, 3.8) is 0 Å². The zero-order chi connectivity index (χ0) is 15.0. The van der Waals surface area contributed by atoms with Gasteiger partial charge in [0, 0.05) is 18.0 Å². The van der Waals surface area contributed by atoms with E-state index in [2.05, 4.69) is 70.3 Å². The number of hydrogen-bond donors (Lipinski definition) is 1. The molecular formula is C19H33N. The molecule has 0 saturated carbocycles. The molecule has 0 aliphatic carbocycles. The Balaban J connectivity index is 3.02. The van der Waals surface area contributed by atoms with E-state index >= 15 is 0 Å². The van der Waals surface area contributed by atoms with Crippen molar-refractivity contribution in [3.8, 4) is 0 Å². The summed E-state index contributed by atoms with van der Waals surface area (Å²) < 4.78 is 0. The Bertz CT molecular complexity index is 353. The first kappa shape index (κ1) is 17.2. The minimum atomic E-state index is 0.280. The monoisotopic (exact) mass is 275 g/mol. The molecule has 1 atom stereocenters. The third-order valence-electron chi connectivity index (χ3n) is 4.75. The van der Waals surface area contributed by atoms with E-state index in [-0.39, 0.29) is 5.41 Å². The summed E-state index contributed by atoms with van der Waals surface area (Å²) in [6.07, 6.45) is 5.06. The van der Waals surface area contributed by atoms with E-state index in [0.29, 0.717) is 6.04 Å². The highest BCUT2D eigenvalue weighted by Crippen LogP contribution is 2.36. The highest BCUT2D eigenvalue weighted by atomic mass is 14.9. The topological polar surface area (TPSA) is 12.0 Å². The summed E-state index contributed by atoms with van der Waals surface area (Å²) in [5, 5.41) is 3.69. The van der Waals surface area contributed by atoms with Gasteiger partial charge in [-0.3, -0.25) is 0 Å². The van der Waals surface area contributed by atoms with Crippen LogP contribution in [0, 0.1) is 5.92 Å². The van der Waals surface area contributed by atoms with Crippen molar-refractivity contribution >= 4 is 0 Å². The Morgan fingerprint density at radius 1 is 1.00 bits per heavy atom. The van der Waals surface area contributed by atoms with Gasteiger partial charge in [0.05, 0.1) is 0 Å². The van der Waals surface area contributed by atoms with E-state index in [1.165, 1.54) is 31.2 Å². The third-order valence-corrected chi connectivity index (χ3v) is 4.75. The fraction of sp³-hybridized carbons (Fsp3) is 0.684. The number of benzene rings is 1. The largest absolute Gasteiger partial charge is 0.314 e. The molecule has 0 amide bonds. The first-order chi connectivity index (χ1) is 9.57. The molecule has 1 aromatic carbocycles. The zero-order valence-electron chi connectivity index (χ0n) is 14.1. The Hall–Kier alpha value is -0.820. The van der Waals surface area contributed by atoms with Gasteiger partial charge in [-0.2, -0.15) is 0 Å². The summed E-state index contributed by atoms with van der Waals surface area (Å²) in [6, 6.07) is 11.7. The van der Waals surface area contributed by atoms with Gasteiger partial charge in [0.25, 0.3) is 0 Å². The molecule has 0 aliphatic rings. The smallest absolute Gasteiger partial charge is 0.00778 e. The van der Waals surface area contributed by atoms with Gasteiger partial charge in [0.15, 0.2) is 0 Å². The predicted octanol–water partition coefficient (Wildman–Crippen LogP) is 5.16. The van der Waals surface area contributed by atoms with Gasteiger partial charge in [-0.25, -0.2) is 0 Å². The van der Waals surface area contributed by atoms with Gasteiger partial charge in [0.1, 0.15) is 0 Å². The molecule has 1 heteroatoms. The van der Waals surface area contributed by atoms with Gasteiger partial charge < -0.3 is 5.32 Å². The highest BCUT2D eigenvalue weighted by Gasteiger charge is 2.32. The number of hydrogen-bond acceptors (Lipinski definition) is 1. The Morgan fingerprint density at radius 2 is 1.60 bits per heavy atom. The minimum Gasteiger partial charge on any atom is -0.314 e. The van der Waals surface area contributed by atoms with Crippen LogP contribution < -0.4 is 5.32 Å². The summed E-state index contributed by atoms with van der Waals surface area (Å²) >= 11 is 0. The lowest BCUT2D eigenvalue weighted by atomic mass is 9.70. The van der Waals surface area contributed by atoms with Gasteiger partial charge >= 0.3 is 0 Å². The second-order valence-corrected chi connectivity index (χ2v) is 6.42. The summed E-state index contributed by atoms with van der Waals surface area (Å²) in [6.45, 7) is 12.6. The van der Waals surface area contributed by atoms with Gasteiger partial charge in [0.2, 0.25) is 0 Å². The summed E-state index contributed by atoms with van der Waals surface area (Å²) in [5.41, 5.74) is 1.78. The van der Waals surface area contributed by atoms with Crippen LogP contribution in [0.25, 0.3) is 0 Å². The summed E-state index contributed by atoms with van der Waals surface area (Å²) in [7, 11) is 0. The molecule has 1 rings (SSSR count). The Kier molecular flexibility index (Phi) is 7.29. The highest BCUT2D eigenvalue weighted by molar-refractivity contribution is 5.26. The standard InChI is InChI=1S/C19H33N/c1-6-17(7-2)14-19(8-3,15-20-16(4)5)18-12-10-9-11-13-18/h9-13,16-17,20H,6-8,14-15H2,1-5H3. The van der Waals surface area contributed by atoms with Crippen LogP contribution in [0.3, 0.4) is 0 Å². The first-order valence-electron chi connectivity index (χ1n) is 8.36. The van der Waals surface area contributed by atoms with Crippen molar-refractivity contribution < 1.29 is 0 Å². The van der Waals surface area contributed by atoms with Crippen molar-refractivity contribution in [2.75, 3.05) is 6.54 Å². The third kappa shape index (κ3) is 4.63. The molecule has 0 radical (unpaired) electrons. The molecule has 0 bridgehead atoms. The van der Waals surface area contributed by atoms with Crippen LogP contribution in [0.2, 0.25) is 0 Å². The van der Waals surface area contributed by atoms with Gasteiger partial charge in [-0.1, -0.05) is 77.8 Å². The van der Waals surface area contributed by atoms with E-state index < -0.39 is 0 Å². The van der Waals surface area contributed by atoms with Crippen LogP contribution in [-0.4, -0.2) is 12.6 Å². The number of nitrogens with one attached hydrogen (secondary N) is 1. The second-order valence-electron chi connectivity index (χ2n) is 6.42. The molecule has 0 saturated heterocycles. The Labute approximate surface area is 126 Å². The van der Waals surface area contributed by atoms with E-state index in [0.717, 1.165) is 12.5 Å². The molecule has 0 aliphatic heterocycles. The van der Waals surface area contributed by atoms with Crippen molar-refractivity contribution in [1.29, 1.82) is 0 Å². The average molecular weight is 275 g/mol. The van der Waals surface area contributed by atoms with Crippen LogP contribution in [-0.2, 0) is 5.41 Å². The zero-order valence-corrected chi connectivity index (χ0v) is 14.1. The molecular weight excluding hydrogens is 242 g/mol. The maximum Gasteiger partial charge on any atom is 0.00778 e. The molecule has 114 valence electrons. The quantitative estimate of drug-likeness (QED) is 0.656. The number of rotatable bonds is 9. The summed E-state index contributed by atoms with van der Waals surface area (Å²) in [5.74, 6) is 0.823. The fourth-order valence-electron chi connectivity index (χ4n) is 3.09. The SMILES string of the molecule is CCC(CC)CC(CC)(CNC(C)C)c1ccccc1. The molecule has 0 spiro atoms. The lowest BCUT2D eigenvalue weighted by molar-refractivity contribution is 0.274. The normalized spacial score (nSPS) is 14.8. The van der Waals surface area contributed by atoms with Crippen LogP contribution in [0.4, 0.5) is 0 Å². The average Bonchev–Trinajstić information content (AvgIpc) is 2.49. The van der Waals surface area contributed by atoms with Crippen LogP contribution >= 0.6 is 0 Å². The van der Waals surface area contributed by atoms with Crippen LogP contribution in [0.5, 0.6) is 0 Å². The van der Waals surface area contributed by atoms with E-state index in [1.807, 2.05) is 0 Å². The summed E-state index contributed by atoms with van der Waals surface area (Å²) in [4.78, 5) is 0. The molecule has 0 fully saturated rings. The van der Waals surface area contributed by atoms with Gasteiger partial charge in [-0.05, 0) is 24.3 Å². The fourth-order valence-corrected chi connectivity index (χ4v) is 3.09.